The van der Waals surface area contributed by atoms with E-state index < -0.39 is 16.0 Å². The van der Waals surface area contributed by atoms with Crippen molar-refractivity contribution in [2.24, 2.45) is 5.92 Å². The minimum Gasteiger partial charge on any atom is -0.491 e. The van der Waals surface area contributed by atoms with Crippen molar-refractivity contribution >= 4 is 32.6 Å². The molecule has 0 unspecified atom stereocenters. The molecular weight excluding hydrogens is 422 g/mol. The molecule has 0 spiro atoms. The summed E-state index contributed by atoms with van der Waals surface area (Å²) in [5.74, 6) is -0.474. The van der Waals surface area contributed by atoms with E-state index in [0.29, 0.717) is 28.9 Å². The summed E-state index contributed by atoms with van der Waals surface area (Å²) < 4.78 is 39.1. The quantitative estimate of drug-likeness (QED) is 0.460. The van der Waals surface area contributed by atoms with Crippen LogP contribution in [0.1, 0.15) is 23.3 Å². The van der Waals surface area contributed by atoms with Crippen molar-refractivity contribution < 1.29 is 27.8 Å². The molecule has 31 heavy (non-hydrogen) atoms. The van der Waals surface area contributed by atoms with E-state index in [1.165, 1.54) is 22.6 Å². The van der Waals surface area contributed by atoms with Gasteiger partial charge in [-0.1, -0.05) is 6.07 Å². The van der Waals surface area contributed by atoms with E-state index in [4.69, 9.17) is 9.47 Å². The molecule has 3 aromatic rings. The van der Waals surface area contributed by atoms with Gasteiger partial charge in [0.05, 0.1) is 17.8 Å². The zero-order valence-electron chi connectivity index (χ0n) is 16.9. The van der Waals surface area contributed by atoms with Crippen LogP contribution in [0.5, 0.6) is 5.75 Å². The molecule has 2 N–H and O–H groups in total. The number of carboxylic acid groups (broad SMARTS) is 1. The third kappa shape index (κ3) is 4.49. The molecule has 2 heterocycles. The Kier molecular flexibility index (Phi) is 5.84. The smallest absolute Gasteiger partial charge is 0.352 e. The van der Waals surface area contributed by atoms with Gasteiger partial charge >= 0.3 is 5.97 Å². The highest BCUT2D eigenvalue weighted by Crippen LogP contribution is 2.39. The molecule has 4 rings (SSSR count). The van der Waals surface area contributed by atoms with E-state index in [1.54, 1.807) is 31.4 Å². The highest BCUT2D eigenvalue weighted by atomic mass is 32.2. The third-order valence-corrected chi connectivity index (χ3v) is 6.75. The van der Waals surface area contributed by atoms with Gasteiger partial charge in [-0.2, -0.15) is 8.42 Å². The minimum atomic E-state index is -3.98. The van der Waals surface area contributed by atoms with Crippen LogP contribution < -0.4 is 9.04 Å². The van der Waals surface area contributed by atoms with E-state index in [9.17, 15) is 18.3 Å². The van der Waals surface area contributed by atoms with Crippen LogP contribution >= 0.6 is 0 Å². The molecule has 1 saturated carbocycles. The number of H-pyrrole nitrogens is 1. The normalized spacial score (nSPS) is 14.0. The predicted octanol–water partition coefficient (Wildman–Crippen LogP) is 2.89. The number of aromatic nitrogens is 2. The van der Waals surface area contributed by atoms with Crippen molar-refractivity contribution in [3.8, 4) is 5.75 Å². The summed E-state index contributed by atoms with van der Waals surface area (Å²) in [6.07, 6.45) is 3.30. The van der Waals surface area contributed by atoms with Gasteiger partial charge in [0.1, 0.15) is 18.1 Å². The van der Waals surface area contributed by atoms with Crippen LogP contribution in [0, 0.1) is 5.92 Å². The van der Waals surface area contributed by atoms with Gasteiger partial charge in [0.25, 0.3) is 10.0 Å². The molecule has 10 heteroatoms. The Morgan fingerprint density at radius 1 is 1.26 bits per heavy atom. The van der Waals surface area contributed by atoms with Crippen molar-refractivity contribution in [3.05, 3.63) is 48.3 Å². The monoisotopic (exact) mass is 445 g/mol. The van der Waals surface area contributed by atoms with Crippen molar-refractivity contribution in [2.45, 2.75) is 17.9 Å². The van der Waals surface area contributed by atoms with Crippen LogP contribution in [0.3, 0.4) is 0 Å². The van der Waals surface area contributed by atoms with Crippen molar-refractivity contribution in [1.29, 1.82) is 0 Å². The summed E-state index contributed by atoms with van der Waals surface area (Å²) in [4.78, 5) is 18.4. The lowest BCUT2D eigenvalue weighted by atomic mass is 10.2. The summed E-state index contributed by atoms with van der Waals surface area (Å²) in [7, 11) is -2.42. The maximum Gasteiger partial charge on any atom is 0.352 e. The molecule has 164 valence electrons. The fourth-order valence-electron chi connectivity index (χ4n) is 3.31. The molecule has 0 amide bonds. The molecule has 1 aliphatic rings. The highest BCUT2D eigenvalue weighted by Gasteiger charge is 2.34. The lowest BCUT2D eigenvalue weighted by Crippen LogP contribution is -2.33. The number of anilines is 1. The number of methoxy groups -OCH3 is 1. The number of ether oxygens (including phenoxy) is 2. The SMILES string of the molecule is COCCOc1cc(N(CC2CC2)S(=O)(=O)c2ccccn2)c2[nH]c(C(=O)O)cc2c1. The summed E-state index contributed by atoms with van der Waals surface area (Å²) >= 11 is 0. The standard InChI is InChI=1S/C21H23N3O6S/c1-29-8-9-30-16-10-15-11-17(21(25)26)23-20(15)18(12-16)24(13-14-5-6-14)31(27,28)19-4-2-3-7-22-19/h2-4,7,10-12,14,23H,5-6,8-9,13H2,1H3,(H,25,26). The van der Waals surface area contributed by atoms with Crippen LogP contribution in [0.15, 0.2) is 47.6 Å². The van der Waals surface area contributed by atoms with Gasteiger partial charge in [0.2, 0.25) is 0 Å². The number of aromatic carboxylic acids is 1. The number of benzene rings is 1. The maximum atomic E-state index is 13.5. The molecule has 0 saturated heterocycles. The second-order valence-electron chi connectivity index (χ2n) is 7.38. The number of hydrogen-bond donors (Lipinski definition) is 2. The van der Waals surface area contributed by atoms with E-state index in [1.807, 2.05) is 0 Å². The first kappa shape index (κ1) is 21.1. The lowest BCUT2D eigenvalue weighted by molar-refractivity contribution is 0.0691. The number of carboxylic acids is 1. The van der Waals surface area contributed by atoms with Crippen molar-refractivity contribution in [2.75, 3.05) is 31.2 Å². The predicted molar refractivity (Wildman–Crippen MR) is 114 cm³/mol. The van der Waals surface area contributed by atoms with Gasteiger partial charge in [-0.15, -0.1) is 0 Å². The molecule has 9 nitrogen and oxygen atoms in total. The van der Waals surface area contributed by atoms with Gasteiger partial charge < -0.3 is 19.6 Å². The average Bonchev–Trinajstić information content (AvgIpc) is 3.47. The second kappa shape index (κ2) is 8.56. The van der Waals surface area contributed by atoms with Gasteiger partial charge in [0, 0.05) is 31.3 Å². The van der Waals surface area contributed by atoms with Crippen LogP contribution in [-0.4, -0.2) is 56.3 Å². The first-order chi connectivity index (χ1) is 14.9. The van der Waals surface area contributed by atoms with Gasteiger partial charge in [-0.25, -0.2) is 9.78 Å². The van der Waals surface area contributed by atoms with Crippen LogP contribution in [0.25, 0.3) is 10.9 Å². The molecule has 1 fully saturated rings. The summed E-state index contributed by atoms with van der Waals surface area (Å²) in [5.41, 5.74) is 0.707. The lowest BCUT2D eigenvalue weighted by Gasteiger charge is -2.25. The van der Waals surface area contributed by atoms with Crippen LogP contribution in [-0.2, 0) is 14.8 Å². The largest absolute Gasteiger partial charge is 0.491 e. The zero-order chi connectivity index (χ0) is 22.0. The Labute approximate surface area is 179 Å². The molecular formula is C21H23N3O6S. The number of nitrogens with one attached hydrogen (secondary N) is 1. The van der Waals surface area contributed by atoms with Crippen LogP contribution in [0.4, 0.5) is 5.69 Å². The average molecular weight is 445 g/mol. The Morgan fingerprint density at radius 2 is 2.06 bits per heavy atom. The maximum absolute atomic E-state index is 13.5. The highest BCUT2D eigenvalue weighted by molar-refractivity contribution is 7.92. The second-order valence-corrected chi connectivity index (χ2v) is 9.19. The van der Waals surface area contributed by atoms with Gasteiger partial charge in [-0.3, -0.25) is 4.31 Å². The number of aromatic amines is 1. The summed E-state index contributed by atoms with van der Waals surface area (Å²) in [6.45, 7) is 0.906. The third-order valence-electron chi connectivity index (χ3n) is 5.05. The van der Waals surface area contributed by atoms with Crippen LogP contribution in [0.2, 0.25) is 0 Å². The first-order valence-corrected chi connectivity index (χ1v) is 11.3. The zero-order valence-corrected chi connectivity index (χ0v) is 17.8. The number of pyridine rings is 1. The molecule has 0 bridgehead atoms. The number of nitrogens with zero attached hydrogens (tertiary/aromatic N) is 2. The Balaban J connectivity index is 1.87. The van der Waals surface area contributed by atoms with E-state index in [0.717, 1.165) is 12.8 Å². The number of rotatable bonds is 10. The Hall–Kier alpha value is -3.11. The number of carbonyl (C=O) groups is 1. The van der Waals surface area contributed by atoms with E-state index in [-0.39, 0.29) is 29.8 Å². The number of sulfonamides is 1. The summed E-state index contributed by atoms with van der Waals surface area (Å²) in [6, 6.07) is 9.47. The molecule has 1 aromatic carbocycles. The van der Waals surface area contributed by atoms with Crippen molar-refractivity contribution in [3.63, 3.8) is 0 Å². The van der Waals surface area contributed by atoms with Crippen molar-refractivity contribution in [1.82, 2.24) is 9.97 Å². The van der Waals surface area contributed by atoms with E-state index in [2.05, 4.69) is 9.97 Å². The van der Waals surface area contributed by atoms with Gasteiger partial charge in [0.15, 0.2) is 5.03 Å². The topological polar surface area (TPSA) is 122 Å². The van der Waals surface area contributed by atoms with E-state index >= 15 is 0 Å². The number of fused-ring (bicyclic) bond motifs is 1. The molecule has 0 aliphatic heterocycles. The Morgan fingerprint density at radius 3 is 2.71 bits per heavy atom. The fourth-order valence-corrected chi connectivity index (χ4v) is 4.79. The minimum absolute atomic E-state index is 0.0353. The van der Waals surface area contributed by atoms with Gasteiger partial charge in [-0.05, 0) is 43.0 Å². The first-order valence-electron chi connectivity index (χ1n) is 9.85. The fraction of sp³-hybridized carbons (Fsp3) is 0.333. The molecule has 2 aromatic heterocycles. The summed E-state index contributed by atoms with van der Waals surface area (Å²) in [5, 5.41) is 9.90. The molecule has 0 radical (unpaired) electrons. The molecule has 1 aliphatic carbocycles. The number of hydrogen-bond acceptors (Lipinski definition) is 6. The molecule has 0 atom stereocenters. The Bertz CT molecular complexity index is 1190.